The van der Waals surface area contributed by atoms with Crippen LogP contribution in [0, 0.1) is 11.8 Å². The smallest absolute Gasteiger partial charge is 0.305 e. The molecule has 0 fully saturated rings. The molecule has 0 aliphatic heterocycles. The number of carbonyl (C=O) groups is 2. The van der Waals surface area contributed by atoms with E-state index in [1.165, 1.54) is 13.5 Å². The fraction of sp³-hybridized carbons (Fsp3) is 0.714. The Balaban J connectivity index is 3.45. The highest BCUT2D eigenvalue weighted by atomic mass is 16.5. The summed E-state index contributed by atoms with van der Waals surface area (Å²) >= 11 is 0. The first-order valence-electron chi connectivity index (χ1n) is 9.68. The molecule has 0 rings (SSSR count). The number of allylic oxidation sites excluding steroid dienone is 1. The van der Waals surface area contributed by atoms with Gasteiger partial charge in [0.25, 0.3) is 0 Å². The predicted octanol–water partition coefficient (Wildman–Crippen LogP) is 4.24. The average molecular weight is 366 g/mol. The van der Waals surface area contributed by atoms with Gasteiger partial charge in [-0.15, -0.1) is 0 Å². The van der Waals surface area contributed by atoms with Gasteiger partial charge in [0.05, 0.1) is 13.2 Å². The minimum Gasteiger partial charge on any atom is -0.481 e. The number of hydrogen-bond acceptors (Lipinski definition) is 4. The third-order valence-electron chi connectivity index (χ3n) is 4.05. The van der Waals surface area contributed by atoms with Gasteiger partial charge in [-0.05, 0) is 44.3 Å². The molecular formula is C21H34O5. The van der Waals surface area contributed by atoms with Crippen LogP contribution in [0.2, 0.25) is 0 Å². The van der Waals surface area contributed by atoms with Crippen molar-refractivity contribution in [2.45, 2.75) is 89.6 Å². The Labute approximate surface area is 157 Å². The molecule has 0 saturated carbocycles. The van der Waals surface area contributed by atoms with Gasteiger partial charge in [0, 0.05) is 19.3 Å². The second kappa shape index (κ2) is 18.0. The number of carboxylic acids is 1. The lowest BCUT2D eigenvalue weighted by Crippen LogP contribution is -2.03. The molecule has 26 heavy (non-hydrogen) atoms. The van der Waals surface area contributed by atoms with E-state index in [1.807, 2.05) is 0 Å². The van der Waals surface area contributed by atoms with Crippen molar-refractivity contribution < 1.29 is 24.5 Å². The van der Waals surface area contributed by atoms with Gasteiger partial charge in [0.1, 0.15) is 0 Å². The largest absolute Gasteiger partial charge is 0.481 e. The van der Waals surface area contributed by atoms with Crippen LogP contribution in [0.4, 0.5) is 0 Å². The molecule has 0 aromatic rings. The summed E-state index contributed by atoms with van der Waals surface area (Å²) < 4.78 is 4.56. The standard InChI is InChI=1S/C21H34O5/c1-26-21(25)18-14-13-16-19(22)15-11-9-7-5-3-2-4-6-8-10-12-17-20(23)24/h11,15,19,22H,2-6,8,10,12-14,16-18H2,1H3,(H,23,24)/b15-11+. The van der Waals surface area contributed by atoms with E-state index < -0.39 is 12.1 Å². The van der Waals surface area contributed by atoms with E-state index in [-0.39, 0.29) is 12.4 Å². The maximum atomic E-state index is 10.9. The summed E-state index contributed by atoms with van der Waals surface area (Å²) in [4.78, 5) is 21.3. The quantitative estimate of drug-likeness (QED) is 0.257. The van der Waals surface area contributed by atoms with Gasteiger partial charge in [-0.25, -0.2) is 0 Å². The zero-order valence-corrected chi connectivity index (χ0v) is 16.0. The fourth-order valence-electron chi connectivity index (χ4n) is 2.48. The van der Waals surface area contributed by atoms with Gasteiger partial charge < -0.3 is 14.9 Å². The lowest BCUT2D eigenvalue weighted by Gasteiger charge is -2.03. The molecule has 1 unspecified atom stereocenters. The molecule has 5 nitrogen and oxygen atoms in total. The molecule has 0 aliphatic rings. The Kier molecular flexibility index (Phi) is 16.8. The van der Waals surface area contributed by atoms with Crippen LogP contribution in [-0.4, -0.2) is 35.4 Å². The summed E-state index contributed by atoms with van der Waals surface area (Å²) in [5.74, 6) is 5.11. The number of carboxylic acid groups (broad SMARTS) is 1. The minimum atomic E-state index is -0.705. The van der Waals surface area contributed by atoms with Crippen LogP contribution in [-0.2, 0) is 14.3 Å². The number of aliphatic hydroxyl groups excluding tert-OH is 1. The normalized spacial score (nSPS) is 11.8. The van der Waals surface area contributed by atoms with Gasteiger partial charge >= 0.3 is 11.9 Å². The molecule has 0 heterocycles. The van der Waals surface area contributed by atoms with Gasteiger partial charge in [-0.3, -0.25) is 9.59 Å². The maximum Gasteiger partial charge on any atom is 0.305 e. The molecule has 0 aliphatic carbocycles. The van der Waals surface area contributed by atoms with Crippen molar-refractivity contribution in [1.82, 2.24) is 0 Å². The number of aliphatic hydroxyl groups is 1. The van der Waals surface area contributed by atoms with E-state index >= 15 is 0 Å². The van der Waals surface area contributed by atoms with Crippen LogP contribution < -0.4 is 0 Å². The van der Waals surface area contributed by atoms with Gasteiger partial charge in [-0.2, -0.15) is 0 Å². The SMILES string of the molecule is COC(=O)CCCCC(O)/C=C/C#CCCCCCCCCCC(=O)O. The highest BCUT2D eigenvalue weighted by Gasteiger charge is 2.02. The number of esters is 1. The molecule has 5 heteroatoms. The second-order valence-electron chi connectivity index (χ2n) is 6.44. The number of hydrogen-bond donors (Lipinski definition) is 2. The van der Waals surface area contributed by atoms with E-state index in [0.29, 0.717) is 12.8 Å². The lowest BCUT2D eigenvalue weighted by molar-refractivity contribution is -0.141. The summed E-state index contributed by atoms with van der Waals surface area (Å²) in [6, 6.07) is 0. The van der Waals surface area contributed by atoms with Crippen molar-refractivity contribution in [2.24, 2.45) is 0 Å². The average Bonchev–Trinajstić information content (AvgIpc) is 2.62. The Morgan fingerprint density at radius 3 is 2.23 bits per heavy atom. The third-order valence-corrected chi connectivity index (χ3v) is 4.05. The Hall–Kier alpha value is -1.80. The maximum absolute atomic E-state index is 10.9. The molecule has 1 atom stereocenters. The number of methoxy groups -OCH3 is 1. The molecular weight excluding hydrogens is 332 g/mol. The van der Waals surface area contributed by atoms with Gasteiger partial charge in [0.2, 0.25) is 0 Å². The van der Waals surface area contributed by atoms with Crippen LogP contribution in [0.15, 0.2) is 12.2 Å². The highest BCUT2D eigenvalue weighted by Crippen LogP contribution is 2.09. The molecule has 2 N–H and O–H groups in total. The summed E-state index contributed by atoms with van der Waals surface area (Å²) in [6.45, 7) is 0. The summed E-state index contributed by atoms with van der Waals surface area (Å²) in [7, 11) is 1.38. The first-order valence-corrected chi connectivity index (χ1v) is 9.68. The van der Waals surface area contributed by atoms with Crippen LogP contribution >= 0.6 is 0 Å². The fourth-order valence-corrected chi connectivity index (χ4v) is 2.48. The van der Waals surface area contributed by atoms with E-state index in [4.69, 9.17) is 5.11 Å². The van der Waals surface area contributed by atoms with Crippen molar-refractivity contribution in [1.29, 1.82) is 0 Å². The minimum absolute atomic E-state index is 0.209. The van der Waals surface area contributed by atoms with Crippen molar-refractivity contribution in [3.63, 3.8) is 0 Å². The zero-order valence-electron chi connectivity index (χ0n) is 16.0. The summed E-state index contributed by atoms with van der Waals surface area (Å²) in [6.07, 6.45) is 14.0. The van der Waals surface area contributed by atoms with Gasteiger partial charge in [-0.1, -0.05) is 43.9 Å². The number of unbranched alkanes of at least 4 members (excludes halogenated alkanes) is 8. The Morgan fingerprint density at radius 1 is 0.962 bits per heavy atom. The second-order valence-corrected chi connectivity index (χ2v) is 6.44. The Morgan fingerprint density at radius 2 is 1.58 bits per heavy atom. The molecule has 0 amide bonds. The summed E-state index contributed by atoms with van der Waals surface area (Å²) in [5.41, 5.74) is 0. The topological polar surface area (TPSA) is 83.8 Å². The number of carbonyl (C=O) groups excluding carboxylic acids is 1. The van der Waals surface area contributed by atoms with Gasteiger partial charge in [0.15, 0.2) is 0 Å². The first-order chi connectivity index (χ1) is 12.6. The molecule has 0 aromatic heterocycles. The number of aliphatic carboxylic acids is 1. The summed E-state index contributed by atoms with van der Waals surface area (Å²) in [5, 5.41) is 18.3. The number of ether oxygens (including phenoxy) is 1. The molecule has 0 saturated heterocycles. The van der Waals surface area contributed by atoms with Crippen molar-refractivity contribution in [3.8, 4) is 11.8 Å². The predicted molar refractivity (Wildman–Crippen MR) is 103 cm³/mol. The molecule has 0 radical (unpaired) electrons. The third kappa shape index (κ3) is 18.5. The van der Waals surface area contributed by atoms with Crippen LogP contribution in [0.3, 0.4) is 0 Å². The molecule has 148 valence electrons. The van der Waals surface area contributed by atoms with E-state index in [1.54, 1.807) is 12.2 Å². The monoisotopic (exact) mass is 366 g/mol. The first kappa shape index (κ1) is 24.2. The molecule has 0 aromatic carbocycles. The molecule has 0 bridgehead atoms. The molecule has 0 spiro atoms. The van der Waals surface area contributed by atoms with Crippen LogP contribution in [0.25, 0.3) is 0 Å². The zero-order chi connectivity index (χ0) is 19.5. The van der Waals surface area contributed by atoms with E-state index in [0.717, 1.165) is 57.8 Å². The van der Waals surface area contributed by atoms with Crippen molar-refractivity contribution in [3.05, 3.63) is 12.2 Å². The lowest BCUT2D eigenvalue weighted by atomic mass is 10.1. The van der Waals surface area contributed by atoms with Crippen molar-refractivity contribution >= 4 is 11.9 Å². The van der Waals surface area contributed by atoms with Crippen LogP contribution in [0.1, 0.15) is 83.5 Å². The van der Waals surface area contributed by atoms with E-state index in [2.05, 4.69) is 16.6 Å². The van der Waals surface area contributed by atoms with Crippen LogP contribution in [0.5, 0.6) is 0 Å². The van der Waals surface area contributed by atoms with E-state index in [9.17, 15) is 14.7 Å². The van der Waals surface area contributed by atoms with Crippen molar-refractivity contribution in [2.75, 3.05) is 7.11 Å². The Bertz CT molecular complexity index is 459. The highest BCUT2D eigenvalue weighted by molar-refractivity contribution is 5.69. The number of rotatable bonds is 15.